The van der Waals surface area contributed by atoms with Crippen LogP contribution < -0.4 is 10.5 Å². The first-order valence-electron chi connectivity index (χ1n) is 8.03. The van der Waals surface area contributed by atoms with Gasteiger partial charge in [0.05, 0.1) is 6.33 Å². The zero-order valence-corrected chi connectivity index (χ0v) is 13.6. The van der Waals surface area contributed by atoms with Gasteiger partial charge in [0.2, 0.25) is 5.91 Å². The Morgan fingerprint density at radius 3 is 2.87 bits per heavy atom. The molecule has 0 unspecified atom stereocenters. The molecule has 0 bridgehead atoms. The Morgan fingerprint density at radius 1 is 1.30 bits per heavy atom. The van der Waals surface area contributed by atoms with E-state index in [9.17, 15) is 9.59 Å². The van der Waals surface area contributed by atoms with Gasteiger partial charge in [-0.2, -0.15) is 0 Å². The van der Waals surface area contributed by atoms with E-state index in [1.807, 2.05) is 19.1 Å². The average molecular weight is 311 g/mol. The molecule has 0 saturated carbocycles. The average Bonchev–Trinajstić information content (AvgIpc) is 2.55. The highest BCUT2D eigenvalue weighted by Crippen LogP contribution is 2.28. The summed E-state index contributed by atoms with van der Waals surface area (Å²) in [5.41, 5.74) is 3.95. The normalized spacial score (nSPS) is 13.7. The number of aromatic nitrogens is 2. The minimum atomic E-state index is -0.175. The highest BCUT2D eigenvalue weighted by Gasteiger charge is 2.22. The molecular weight excluding hydrogens is 290 g/mol. The van der Waals surface area contributed by atoms with Gasteiger partial charge in [0, 0.05) is 24.0 Å². The third-order valence-corrected chi connectivity index (χ3v) is 4.26. The monoisotopic (exact) mass is 311 g/mol. The molecule has 0 spiro atoms. The fraction of sp³-hybridized carbons (Fsp3) is 0.389. The fourth-order valence-corrected chi connectivity index (χ4v) is 2.99. The lowest BCUT2D eigenvalue weighted by Crippen LogP contribution is -2.39. The van der Waals surface area contributed by atoms with E-state index in [0.29, 0.717) is 13.0 Å². The SMILES string of the molecule is CCc1cc(=O)n(CC(=O)N2CCCc3cc(C)ccc32)cn1. The van der Waals surface area contributed by atoms with Crippen molar-refractivity contribution in [2.75, 3.05) is 11.4 Å². The van der Waals surface area contributed by atoms with Gasteiger partial charge in [-0.05, 0) is 37.8 Å². The lowest BCUT2D eigenvalue weighted by atomic mass is 9.99. The Morgan fingerprint density at radius 2 is 2.13 bits per heavy atom. The van der Waals surface area contributed by atoms with Crippen molar-refractivity contribution < 1.29 is 4.79 Å². The molecule has 0 radical (unpaired) electrons. The molecule has 2 aromatic rings. The third-order valence-electron chi connectivity index (χ3n) is 4.26. The van der Waals surface area contributed by atoms with Crippen LogP contribution >= 0.6 is 0 Å². The molecular formula is C18H21N3O2. The summed E-state index contributed by atoms with van der Waals surface area (Å²) in [4.78, 5) is 30.7. The van der Waals surface area contributed by atoms with Crippen LogP contribution in [0.3, 0.4) is 0 Å². The van der Waals surface area contributed by atoms with Gasteiger partial charge in [0.1, 0.15) is 6.54 Å². The number of fused-ring (bicyclic) bond motifs is 1. The molecule has 3 rings (SSSR count). The summed E-state index contributed by atoms with van der Waals surface area (Å²) in [5, 5.41) is 0. The number of nitrogens with zero attached hydrogens (tertiary/aromatic N) is 3. The molecule has 1 aromatic heterocycles. The van der Waals surface area contributed by atoms with Gasteiger partial charge in [0.25, 0.3) is 5.56 Å². The van der Waals surface area contributed by atoms with E-state index < -0.39 is 0 Å². The van der Waals surface area contributed by atoms with Gasteiger partial charge in [-0.15, -0.1) is 0 Å². The van der Waals surface area contributed by atoms with E-state index in [4.69, 9.17) is 0 Å². The van der Waals surface area contributed by atoms with Crippen LogP contribution in [-0.2, 0) is 24.2 Å². The molecule has 120 valence electrons. The number of rotatable bonds is 3. The number of hydrogen-bond donors (Lipinski definition) is 0. The zero-order chi connectivity index (χ0) is 16.4. The van der Waals surface area contributed by atoms with E-state index in [-0.39, 0.29) is 18.0 Å². The molecule has 1 amide bonds. The number of aryl methyl sites for hydroxylation is 3. The zero-order valence-electron chi connectivity index (χ0n) is 13.6. The minimum Gasteiger partial charge on any atom is -0.311 e. The Hall–Kier alpha value is -2.43. The summed E-state index contributed by atoms with van der Waals surface area (Å²) < 4.78 is 1.38. The van der Waals surface area contributed by atoms with Crippen LogP contribution in [0, 0.1) is 6.92 Å². The number of hydrogen-bond acceptors (Lipinski definition) is 3. The van der Waals surface area contributed by atoms with E-state index in [0.717, 1.165) is 24.2 Å². The molecule has 0 saturated heterocycles. The van der Waals surface area contributed by atoms with Crippen molar-refractivity contribution in [3.63, 3.8) is 0 Å². The first-order valence-corrected chi connectivity index (χ1v) is 8.03. The maximum absolute atomic E-state index is 12.7. The summed E-state index contributed by atoms with van der Waals surface area (Å²) in [6, 6.07) is 7.66. The molecule has 1 aliphatic rings. The van der Waals surface area contributed by atoms with Crippen LogP contribution in [-0.4, -0.2) is 22.0 Å². The molecule has 0 aliphatic carbocycles. The number of benzene rings is 1. The lowest BCUT2D eigenvalue weighted by molar-refractivity contribution is -0.119. The first-order chi connectivity index (χ1) is 11.1. The number of anilines is 1. The molecule has 2 heterocycles. The van der Waals surface area contributed by atoms with Crippen molar-refractivity contribution in [1.82, 2.24) is 9.55 Å². The molecule has 0 fully saturated rings. The summed E-state index contributed by atoms with van der Waals surface area (Å²) in [7, 11) is 0. The summed E-state index contributed by atoms with van der Waals surface area (Å²) in [6.45, 7) is 4.73. The predicted molar refractivity (Wildman–Crippen MR) is 89.7 cm³/mol. The van der Waals surface area contributed by atoms with Gasteiger partial charge in [-0.1, -0.05) is 24.6 Å². The maximum Gasteiger partial charge on any atom is 0.253 e. The van der Waals surface area contributed by atoms with Gasteiger partial charge < -0.3 is 4.90 Å². The van der Waals surface area contributed by atoms with E-state index in [2.05, 4.69) is 18.0 Å². The maximum atomic E-state index is 12.7. The quantitative estimate of drug-likeness (QED) is 0.872. The summed E-state index contributed by atoms with van der Waals surface area (Å²) in [6.07, 6.45) is 4.12. The van der Waals surface area contributed by atoms with E-state index in [1.165, 1.54) is 28.1 Å². The second-order valence-electron chi connectivity index (χ2n) is 5.98. The lowest BCUT2D eigenvalue weighted by Gasteiger charge is -2.30. The standard InChI is InChI=1S/C18H21N3O2/c1-3-15-10-17(22)20(12-19-15)11-18(23)21-8-4-5-14-9-13(2)6-7-16(14)21/h6-7,9-10,12H,3-5,8,11H2,1-2H3. The number of amides is 1. The summed E-state index contributed by atoms with van der Waals surface area (Å²) >= 11 is 0. The van der Waals surface area contributed by atoms with E-state index in [1.54, 1.807) is 4.90 Å². The Labute approximate surface area is 135 Å². The van der Waals surface area contributed by atoms with Crippen LogP contribution in [0.2, 0.25) is 0 Å². The first kappa shape index (κ1) is 15.5. The van der Waals surface area contributed by atoms with Crippen molar-refractivity contribution >= 4 is 11.6 Å². The predicted octanol–water partition coefficient (Wildman–Crippen LogP) is 2.09. The Kier molecular flexibility index (Phi) is 4.28. The second kappa shape index (κ2) is 6.36. The summed E-state index contributed by atoms with van der Waals surface area (Å²) in [5.74, 6) is -0.0667. The number of carbonyl (C=O) groups is 1. The fourth-order valence-electron chi connectivity index (χ4n) is 2.99. The van der Waals surface area contributed by atoms with Crippen molar-refractivity contribution in [3.05, 3.63) is 57.8 Å². The van der Waals surface area contributed by atoms with Gasteiger partial charge >= 0.3 is 0 Å². The molecule has 1 aromatic carbocycles. The largest absolute Gasteiger partial charge is 0.311 e. The van der Waals surface area contributed by atoms with E-state index >= 15 is 0 Å². The van der Waals surface area contributed by atoms with Gasteiger partial charge in [0.15, 0.2) is 0 Å². The van der Waals surface area contributed by atoms with Crippen molar-refractivity contribution in [1.29, 1.82) is 0 Å². The van der Waals surface area contributed by atoms with Gasteiger partial charge in [-0.25, -0.2) is 4.98 Å². The molecule has 0 N–H and O–H groups in total. The van der Waals surface area contributed by atoms with Crippen LogP contribution in [0.25, 0.3) is 0 Å². The van der Waals surface area contributed by atoms with Crippen LogP contribution in [0.4, 0.5) is 5.69 Å². The third kappa shape index (κ3) is 3.18. The molecule has 0 atom stereocenters. The van der Waals surface area contributed by atoms with Crippen molar-refractivity contribution in [2.24, 2.45) is 0 Å². The molecule has 5 nitrogen and oxygen atoms in total. The highest BCUT2D eigenvalue weighted by molar-refractivity contribution is 5.94. The topological polar surface area (TPSA) is 55.2 Å². The van der Waals surface area contributed by atoms with Crippen LogP contribution in [0.5, 0.6) is 0 Å². The number of carbonyl (C=O) groups excluding carboxylic acids is 1. The second-order valence-corrected chi connectivity index (χ2v) is 5.98. The minimum absolute atomic E-state index is 0.0309. The molecule has 1 aliphatic heterocycles. The molecule has 23 heavy (non-hydrogen) atoms. The van der Waals surface area contributed by atoms with Crippen molar-refractivity contribution in [2.45, 2.75) is 39.7 Å². The Balaban J connectivity index is 1.84. The van der Waals surface area contributed by atoms with Crippen LogP contribution in [0.15, 0.2) is 35.4 Å². The van der Waals surface area contributed by atoms with Crippen LogP contribution in [0.1, 0.15) is 30.2 Å². The molecule has 5 heteroatoms. The smallest absolute Gasteiger partial charge is 0.253 e. The Bertz CT molecular complexity index is 795. The van der Waals surface area contributed by atoms with Gasteiger partial charge in [-0.3, -0.25) is 14.2 Å². The highest BCUT2D eigenvalue weighted by atomic mass is 16.2. The van der Waals surface area contributed by atoms with Crippen molar-refractivity contribution in [3.8, 4) is 0 Å².